The second-order valence-corrected chi connectivity index (χ2v) is 1.99. The fourth-order valence-electron chi connectivity index (χ4n) is 0.687. The van der Waals surface area contributed by atoms with Crippen molar-refractivity contribution < 1.29 is 4.74 Å². The van der Waals surface area contributed by atoms with Gasteiger partial charge in [-0.05, 0) is 0 Å². The van der Waals surface area contributed by atoms with Crippen molar-refractivity contribution in [2.75, 3.05) is 7.11 Å². The number of ether oxygens (including phenoxy) is 1. The minimum Gasteiger partial charge on any atom is -0.362 e. The highest BCUT2D eigenvalue weighted by Gasteiger charge is 1.92. The van der Waals surface area contributed by atoms with E-state index in [9.17, 15) is 9.59 Å². The molecule has 0 fully saturated rings. The molecule has 1 aromatic heterocycles. The first-order valence-electron chi connectivity index (χ1n) is 3.03. The minimum absolute atomic E-state index is 0.0644. The lowest BCUT2D eigenvalue weighted by molar-refractivity contribution is 0.115. The summed E-state index contributed by atoms with van der Waals surface area (Å²) in [6, 6.07) is 2.37. The molecule has 0 unspecified atom stereocenters. The van der Waals surface area contributed by atoms with Crippen molar-refractivity contribution in [3.63, 3.8) is 0 Å². The second-order valence-electron chi connectivity index (χ2n) is 1.99. The Hall–Kier alpha value is -1.36. The first kappa shape index (κ1) is 7.74. The molecule has 60 valence electrons. The van der Waals surface area contributed by atoms with Crippen molar-refractivity contribution in [2.45, 2.75) is 6.73 Å². The summed E-state index contributed by atoms with van der Waals surface area (Å²) < 4.78 is 5.74. The van der Waals surface area contributed by atoms with E-state index in [0.717, 1.165) is 4.68 Å². The van der Waals surface area contributed by atoms with Gasteiger partial charge in [0.2, 0.25) is 0 Å². The monoisotopic (exact) mass is 156 g/mol. The molecule has 0 bridgehead atoms. The second kappa shape index (κ2) is 3.16. The molecule has 0 radical (unpaired) electrons. The van der Waals surface area contributed by atoms with Gasteiger partial charge in [0.05, 0.1) is 0 Å². The maximum Gasteiger partial charge on any atom is 0.267 e. The fraction of sp³-hybridized carbons (Fsp3) is 0.333. The third kappa shape index (κ3) is 1.78. The predicted octanol–water partition coefficient (Wildman–Crippen LogP) is -0.860. The average Bonchev–Trinajstić information content (AvgIpc) is 1.98. The zero-order valence-corrected chi connectivity index (χ0v) is 6.03. The fourth-order valence-corrected chi connectivity index (χ4v) is 0.687. The summed E-state index contributed by atoms with van der Waals surface area (Å²) in [6.07, 6.45) is 0. The SMILES string of the molecule is COCn1[nH]c(=O)ccc1=O. The van der Waals surface area contributed by atoms with Crippen molar-refractivity contribution in [3.05, 3.63) is 32.8 Å². The summed E-state index contributed by atoms with van der Waals surface area (Å²) >= 11 is 0. The van der Waals surface area contributed by atoms with Gasteiger partial charge in [-0.2, -0.15) is 0 Å². The molecule has 5 heteroatoms. The lowest BCUT2D eigenvalue weighted by Crippen LogP contribution is -2.28. The molecule has 0 aromatic carbocycles. The number of nitrogens with one attached hydrogen (secondary N) is 1. The van der Waals surface area contributed by atoms with Gasteiger partial charge >= 0.3 is 0 Å². The molecule has 0 spiro atoms. The number of hydrogen-bond donors (Lipinski definition) is 1. The van der Waals surface area contributed by atoms with Crippen LogP contribution >= 0.6 is 0 Å². The van der Waals surface area contributed by atoms with Gasteiger partial charge in [0, 0.05) is 19.2 Å². The smallest absolute Gasteiger partial charge is 0.267 e. The van der Waals surface area contributed by atoms with Crippen LogP contribution in [0.5, 0.6) is 0 Å². The van der Waals surface area contributed by atoms with E-state index in [1.165, 1.54) is 19.2 Å². The number of aromatic amines is 1. The standard InChI is InChI=1S/C6H8N2O3/c1-11-4-8-6(10)3-2-5(9)7-8/h2-3H,4H2,1H3,(H,7,9). The quantitative estimate of drug-likeness (QED) is 0.606. The number of aromatic nitrogens is 2. The molecule has 1 heterocycles. The molecule has 1 aromatic rings. The normalized spacial score (nSPS) is 9.91. The Morgan fingerprint density at radius 3 is 2.91 bits per heavy atom. The van der Waals surface area contributed by atoms with Crippen LogP contribution in [0, 0.1) is 0 Å². The van der Waals surface area contributed by atoms with E-state index in [1.54, 1.807) is 0 Å². The van der Waals surface area contributed by atoms with Gasteiger partial charge in [-0.25, -0.2) is 4.68 Å². The molecule has 0 saturated carbocycles. The number of methoxy groups -OCH3 is 1. The lowest BCUT2D eigenvalue weighted by atomic mass is 10.6. The summed E-state index contributed by atoms with van der Waals surface area (Å²) in [7, 11) is 1.44. The van der Waals surface area contributed by atoms with Crippen LogP contribution in [0.2, 0.25) is 0 Å². The van der Waals surface area contributed by atoms with Crippen molar-refractivity contribution in [1.29, 1.82) is 0 Å². The summed E-state index contributed by atoms with van der Waals surface area (Å²) in [4.78, 5) is 21.5. The van der Waals surface area contributed by atoms with Crippen LogP contribution in [0.4, 0.5) is 0 Å². The lowest BCUT2D eigenvalue weighted by Gasteiger charge is -2.00. The molecule has 0 aliphatic heterocycles. The van der Waals surface area contributed by atoms with Crippen molar-refractivity contribution in [2.24, 2.45) is 0 Å². The first-order valence-corrected chi connectivity index (χ1v) is 3.03. The van der Waals surface area contributed by atoms with Gasteiger partial charge in [0.15, 0.2) is 0 Å². The maximum absolute atomic E-state index is 10.9. The largest absolute Gasteiger partial charge is 0.362 e. The van der Waals surface area contributed by atoms with Gasteiger partial charge in [0.25, 0.3) is 11.1 Å². The van der Waals surface area contributed by atoms with Crippen LogP contribution in [0.1, 0.15) is 0 Å². The van der Waals surface area contributed by atoms with E-state index >= 15 is 0 Å². The molecule has 0 amide bonds. The molecule has 5 nitrogen and oxygen atoms in total. The third-order valence-corrected chi connectivity index (χ3v) is 1.15. The topological polar surface area (TPSA) is 64.1 Å². The Morgan fingerprint density at radius 1 is 1.55 bits per heavy atom. The van der Waals surface area contributed by atoms with E-state index < -0.39 is 0 Å². The van der Waals surface area contributed by atoms with Crippen molar-refractivity contribution in [1.82, 2.24) is 9.78 Å². The summed E-state index contributed by atoms with van der Waals surface area (Å²) in [5.74, 6) is 0. The van der Waals surface area contributed by atoms with E-state index in [4.69, 9.17) is 0 Å². The van der Waals surface area contributed by atoms with Crippen LogP contribution in [0.3, 0.4) is 0 Å². The van der Waals surface area contributed by atoms with E-state index in [2.05, 4.69) is 9.84 Å². The predicted molar refractivity (Wildman–Crippen MR) is 38.3 cm³/mol. The van der Waals surface area contributed by atoms with E-state index in [-0.39, 0.29) is 17.8 Å². The Labute approximate surface area is 62.2 Å². The molecule has 1 N–H and O–H groups in total. The van der Waals surface area contributed by atoms with E-state index in [1.807, 2.05) is 0 Å². The molecule has 11 heavy (non-hydrogen) atoms. The number of hydrogen-bond acceptors (Lipinski definition) is 3. The van der Waals surface area contributed by atoms with Gasteiger partial charge < -0.3 is 4.74 Å². The van der Waals surface area contributed by atoms with Crippen molar-refractivity contribution >= 4 is 0 Å². The number of rotatable bonds is 2. The Balaban J connectivity index is 3.13. The Kier molecular flexibility index (Phi) is 2.22. The van der Waals surface area contributed by atoms with Crippen LogP contribution in [-0.2, 0) is 11.5 Å². The molecular formula is C6H8N2O3. The highest BCUT2D eigenvalue weighted by Crippen LogP contribution is 1.70. The van der Waals surface area contributed by atoms with Crippen LogP contribution in [0.25, 0.3) is 0 Å². The van der Waals surface area contributed by atoms with Gasteiger partial charge in [-0.3, -0.25) is 14.7 Å². The maximum atomic E-state index is 10.9. The Bertz CT molecular complexity index is 338. The van der Waals surface area contributed by atoms with E-state index in [0.29, 0.717) is 0 Å². The molecule has 0 saturated heterocycles. The van der Waals surface area contributed by atoms with Crippen LogP contribution in [-0.4, -0.2) is 16.9 Å². The number of nitrogens with zero attached hydrogens (tertiary/aromatic N) is 1. The van der Waals surface area contributed by atoms with Gasteiger partial charge in [0.1, 0.15) is 6.73 Å². The summed E-state index contributed by atoms with van der Waals surface area (Å²) in [5, 5.41) is 2.30. The first-order chi connectivity index (χ1) is 5.24. The summed E-state index contributed by atoms with van der Waals surface area (Å²) in [5.41, 5.74) is -0.604. The van der Waals surface area contributed by atoms with Crippen molar-refractivity contribution in [3.8, 4) is 0 Å². The van der Waals surface area contributed by atoms with Crippen LogP contribution < -0.4 is 11.1 Å². The zero-order valence-electron chi connectivity index (χ0n) is 6.03. The highest BCUT2D eigenvalue weighted by molar-refractivity contribution is 4.85. The molecule has 0 aliphatic rings. The number of H-pyrrole nitrogens is 1. The third-order valence-electron chi connectivity index (χ3n) is 1.15. The van der Waals surface area contributed by atoms with Gasteiger partial charge in [-0.15, -0.1) is 0 Å². The average molecular weight is 156 g/mol. The van der Waals surface area contributed by atoms with Gasteiger partial charge in [-0.1, -0.05) is 0 Å². The summed E-state index contributed by atoms with van der Waals surface area (Å²) in [6.45, 7) is 0.0644. The highest BCUT2D eigenvalue weighted by atomic mass is 16.5. The Morgan fingerprint density at radius 2 is 2.27 bits per heavy atom. The minimum atomic E-state index is -0.318. The molecule has 0 aliphatic carbocycles. The molecular weight excluding hydrogens is 148 g/mol. The zero-order chi connectivity index (χ0) is 8.27. The molecule has 1 rings (SSSR count). The molecule has 0 atom stereocenters. The van der Waals surface area contributed by atoms with Crippen LogP contribution in [0.15, 0.2) is 21.7 Å².